The molecular weight excluding hydrogens is 246 g/mol. The molecule has 0 saturated carbocycles. The summed E-state index contributed by atoms with van der Waals surface area (Å²) in [6.07, 6.45) is 1.75. The molecule has 2 rings (SSSR count). The molecule has 1 aromatic rings. The Labute approximate surface area is 111 Å². The summed E-state index contributed by atoms with van der Waals surface area (Å²) < 4.78 is 5.27. The lowest BCUT2D eigenvalue weighted by molar-refractivity contribution is -0.384. The van der Waals surface area contributed by atoms with Crippen molar-refractivity contribution in [3.05, 3.63) is 39.9 Å². The van der Waals surface area contributed by atoms with Gasteiger partial charge in [-0.25, -0.2) is 0 Å². The zero-order valence-electron chi connectivity index (χ0n) is 10.7. The molecular formula is C13H17N3O3. The highest BCUT2D eigenvalue weighted by molar-refractivity contribution is 5.79. The first-order valence-electron chi connectivity index (χ1n) is 6.30. The van der Waals surface area contributed by atoms with Gasteiger partial charge in [0.05, 0.1) is 24.7 Å². The number of hydrogen-bond donors (Lipinski definition) is 0. The molecule has 6 nitrogen and oxygen atoms in total. The van der Waals surface area contributed by atoms with Crippen LogP contribution in [0.2, 0.25) is 0 Å². The van der Waals surface area contributed by atoms with Gasteiger partial charge in [0.15, 0.2) is 0 Å². The highest BCUT2D eigenvalue weighted by atomic mass is 16.6. The van der Waals surface area contributed by atoms with Crippen molar-refractivity contribution < 1.29 is 9.66 Å². The normalized spacial score (nSPS) is 16.8. The average Bonchev–Trinajstić information content (AvgIpc) is 2.45. The lowest BCUT2D eigenvalue weighted by Gasteiger charge is -2.25. The Kier molecular flexibility index (Phi) is 5.00. The van der Waals surface area contributed by atoms with Crippen LogP contribution in [-0.2, 0) is 4.74 Å². The molecule has 0 amide bonds. The third-order valence-corrected chi connectivity index (χ3v) is 2.99. The number of benzene rings is 1. The predicted octanol–water partition coefficient (Wildman–Crippen LogP) is 1.35. The van der Waals surface area contributed by atoms with Crippen LogP contribution in [-0.4, -0.2) is 55.4 Å². The Morgan fingerprint density at radius 3 is 2.63 bits per heavy atom. The van der Waals surface area contributed by atoms with Crippen molar-refractivity contribution in [3.63, 3.8) is 0 Å². The molecule has 1 saturated heterocycles. The molecule has 0 N–H and O–H groups in total. The zero-order valence-corrected chi connectivity index (χ0v) is 10.7. The summed E-state index contributed by atoms with van der Waals surface area (Å²) in [4.78, 5) is 16.7. The molecule has 0 aliphatic carbocycles. The van der Waals surface area contributed by atoms with Gasteiger partial charge in [-0.2, -0.15) is 0 Å². The van der Waals surface area contributed by atoms with Gasteiger partial charge in [-0.15, -0.1) is 0 Å². The van der Waals surface area contributed by atoms with Crippen LogP contribution in [0.4, 0.5) is 5.69 Å². The monoisotopic (exact) mass is 263 g/mol. The van der Waals surface area contributed by atoms with Crippen LogP contribution in [0.5, 0.6) is 0 Å². The molecule has 1 fully saturated rings. The van der Waals surface area contributed by atoms with Crippen molar-refractivity contribution in [3.8, 4) is 0 Å². The minimum Gasteiger partial charge on any atom is -0.379 e. The van der Waals surface area contributed by atoms with Crippen molar-refractivity contribution in [2.45, 2.75) is 0 Å². The van der Waals surface area contributed by atoms with Crippen molar-refractivity contribution in [1.29, 1.82) is 0 Å². The number of nitro benzene ring substituents is 1. The van der Waals surface area contributed by atoms with Crippen LogP contribution in [0.3, 0.4) is 0 Å². The van der Waals surface area contributed by atoms with Gasteiger partial charge in [-0.3, -0.25) is 20.0 Å². The smallest absolute Gasteiger partial charge is 0.269 e. The second-order valence-electron chi connectivity index (χ2n) is 4.34. The van der Waals surface area contributed by atoms with E-state index in [9.17, 15) is 10.1 Å². The SMILES string of the molecule is O=[N+]([O-])c1ccc(C=NCCN2CCOCC2)cc1. The molecule has 6 heteroatoms. The van der Waals surface area contributed by atoms with Gasteiger partial charge in [0.25, 0.3) is 5.69 Å². The van der Waals surface area contributed by atoms with Crippen LogP contribution in [0.15, 0.2) is 29.3 Å². The molecule has 1 aliphatic rings. The van der Waals surface area contributed by atoms with Gasteiger partial charge in [0, 0.05) is 38.0 Å². The standard InChI is InChI=1S/C13H17N3O3/c17-16(18)13-3-1-12(2-4-13)11-14-5-6-15-7-9-19-10-8-15/h1-4,11H,5-10H2. The van der Waals surface area contributed by atoms with Gasteiger partial charge in [0.1, 0.15) is 0 Å². The summed E-state index contributed by atoms with van der Waals surface area (Å²) in [5.74, 6) is 0. The van der Waals surface area contributed by atoms with Crippen LogP contribution >= 0.6 is 0 Å². The van der Waals surface area contributed by atoms with E-state index in [1.54, 1.807) is 18.3 Å². The maximum Gasteiger partial charge on any atom is 0.269 e. The van der Waals surface area contributed by atoms with E-state index in [1.807, 2.05) is 0 Å². The number of rotatable bonds is 5. The van der Waals surface area contributed by atoms with Crippen LogP contribution in [0, 0.1) is 10.1 Å². The first-order chi connectivity index (χ1) is 9.25. The van der Waals surface area contributed by atoms with Crippen molar-refractivity contribution in [2.24, 2.45) is 4.99 Å². The van der Waals surface area contributed by atoms with E-state index in [-0.39, 0.29) is 5.69 Å². The molecule has 0 atom stereocenters. The first kappa shape index (κ1) is 13.6. The Morgan fingerprint density at radius 1 is 1.32 bits per heavy atom. The summed E-state index contributed by atoms with van der Waals surface area (Å²) in [6.45, 7) is 5.18. The largest absolute Gasteiger partial charge is 0.379 e. The van der Waals surface area contributed by atoms with Crippen LogP contribution < -0.4 is 0 Å². The first-order valence-corrected chi connectivity index (χ1v) is 6.30. The van der Waals surface area contributed by atoms with E-state index < -0.39 is 4.92 Å². The highest BCUT2D eigenvalue weighted by Gasteiger charge is 2.08. The minimum absolute atomic E-state index is 0.102. The Morgan fingerprint density at radius 2 is 2.00 bits per heavy atom. The molecule has 102 valence electrons. The zero-order chi connectivity index (χ0) is 13.5. The molecule has 19 heavy (non-hydrogen) atoms. The maximum atomic E-state index is 10.5. The molecule has 1 heterocycles. The Balaban J connectivity index is 1.76. The average molecular weight is 263 g/mol. The number of nitrogens with zero attached hydrogens (tertiary/aromatic N) is 3. The van der Waals surface area contributed by atoms with Gasteiger partial charge in [-0.05, 0) is 17.7 Å². The van der Waals surface area contributed by atoms with E-state index >= 15 is 0 Å². The Bertz CT molecular complexity index is 439. The fourth-order valence-electron chi connectivity index (χ4n) is 1.88. The number of ether oxygens (including phenoxy) is 1. The minimum atomic E-state index is -0.403. The number of aliphatic imine (C=N–C) groups is 1. The maximum absolute atomic E-state index is 10.5. The van der Waals surface area contributed by atoms with Gasteiger partial charge < -0.3 is 4.74 Å². The summed E-state index contributed by atoms with van der Waals surface area (Å²) in [6, 6.07) is 6.39. The molecule has 0 bridgehead atoms. The number of non-ortho nitro benzene ring substituents is 1. The quantitative estimate of drug-likeness (QED) is 0.457. The topological polar surface area (TPSA) is 68.0 Å². The summed E-state index contributed by atoms with van der Waals surface area (Å²) in [5, 5.41) is 10.5. The molecule has 0 unspecified atom stereocenters. The number of hydrogen-bond acceptors (Lipinski definition) is 5. The van der Waals surface area contributed by atoms with Gasteiger partial charge in [-0.1, -0.05) is 0 Å². The summed E-state index contributed by atoms with van der Waals surface area (Å²) in [7, 11) is 0. The fraction of sp³-hybridized carbons (Fsp3) is 0.462. The van der Waals surface area contributed by atoms with E-state index in [1.165, 1.54) is 12.1 Å². The number of morpholine rings is 1. The molecule has 0 radical (unpaired) electrons. The molecule has 1 aliphatic heterocycles. The number of nitro groups is 1. The van der Waals surface area contributed by atoms with E-state index in [4.69, 9.17) is 4.74 Å². The predicted molar refractivity (Wildman–Crippen MR) is 72.8 cm³/mol. The fourth-order valence-corrected chi connectivity index (χ4v) is 1.88. The molecule has 0 aromatic heterocycles. The molecule has 1 aromatic carbocycles. The van der Waals surface area contributed by atoms with Crippen molar-refractivity contribution in [1.82, 2.24) is 4.90 Å². The highest BCUT2D eigenvalue weighted by Crippen LogP contribution is 2.10. The van der Waals surface area contributed by atoms with Crippen molar-refractivity contribution in [2.75, 3.05) is 39.4 Å². The lowest BCUT2D eigenvalue weighted by Crippen LogP contribution is -2.37. The Hall–Kier alpha value is -1.79. The lowest BCUT2D eigenvalue weighted by atomic mass is 10.2. The van der Waals surface area contributed by atoms with Gasteiger partial charge in [0.2, 0.25) is 0 Å². The van der Waals surface area contributed by atoms with Gasteiger partial charge >= 0.3 is 0 Å². The van der Waals surface area contributed by atoms with E-state index in [0.29, 0.717) is 0 Å². The van der Waals surface area contributed by atoms with E-state index in [2.05, 4.69) is 9.89 Å². The third kappa shape index (κ3) is 4.42. The third-order valence-electron chi connectivity index (χ3n) is 2.99. The summed E-state index contributed by atoms with van der Waals surface area (Å²) >= 11 is 0. The van der Waals surface area contributed by atoms with Crippen LogP contribution in [0.25, 0.3) is 0 Å². The van der Waals surface area contributed by atoms with E-state index in [0.717, 1.165) is 45.0 Å². The molecule has 0 spiro atoms. The second-order valence-corrected chi connectivity index (χ2v) is 4.34. The van der Waals surface area contributed by atoms with Crippen molar-refractivity contribution >= 4 is 11.9 Å². The second kappa shape index (κ2) is 6.96. The summed E-state index contributed by atoms with van der Waals surface area (Å²) in [5.41, 5.74) is 0.984. The van der Waals surface area contributed by atoms with Crippen LogP contribution in [0.1, 0.15) is 5.56 Å².